The zero-order valence-corrected chi connectivity index (χ0v) is 16.6. The van der Waals surface area contributed by atoms with E-state index in [-0.39, 0.29) is 6.61 Å². The van der Waals surface area contributed by atoms with Crippen molar-refractivity contribution >= 4 is 17.5 Å². The van der Waals surface area contributed by atoms with Crippen LogP contribution in [-0.4, -0.2) is 33.3 Å². The van der Waals surface area contributed by atoms with Gasteiger partial charge in [-0.05, 0) is 49.2 Å². The van der Waals surface area contributed by atoms with Gasteiger partial charge in [0.05, 0.1) is 19.2 Å². The molecule has 0 aliphatic carbocycles. The predicted octanol–water partition coefficient (Wildman–Crippen LogP) is 2.86. The molecule has 0 atom stereocenters. The van der Waals surface area contributed by atoms with Crippen molar-refractivity contribution in [2.45, 2.75) is 19.9 Å². The molecule has 0 saturated heterocycles. The molecule has 0 fully saturated rings. The van der Waals surface area contributed by atoms with Crippen molar-refractivity contribution in [3.05, 3.63) is 52.0 Å². The molecular weight excluding hydrogens is 368 g/mol. The van der Waals surface area contributed by atoms with E-state index < -0.39 is 5.91 Å². The summed E-state index contributed by atoms with van der Waals surface area (Å²) in [5.41, 5.74) is 8.41. The van der Waals surface area contributed by atoms with Crippen LogP contribution in [0.1, 0.15) is 16.7 Å². The normalized spacial score (nSPS) is 10.5. The minimum Gasteiger partial charge on any atom is -0.496 e. The molecule has 146 valence electrons. The number of carbonyl (C=O) groups is 1. The molecule has 0 radical (unpaired) electrons. The number of methoxy groups -OCH3 is 2. The zero-order valence-electron chi connectivity index (χ0n) is 15.8. The molecule has 27 heavy (non-hydrogen) atoms. The van der Waals surface area contributed by atoms with Gasteiger partial charge in [-0.3, -0.25) is 4.79 Å². The van der Waals surface area contributed by atoms with Gasteiger partial charge in [0.25, 0.3) is 5.91 Å². The molecular formula is C20H25ClN2O4. The van der Waals surface area contributed by atoms with Crippen LogP contribution in [0, 0.1) is 6.92 Å². The molecule has 0 aromatic heterocycles. The van der Waals surface area contributed by atoms with E-state index in [9.17, 15) is 4.79 Å². The van der Waals surface area contributed by atoms with Crippen LogP contribution in [0.2, 0.25) is 5.02 Å². The summed E-state index contributed by atoms with van der Waals surface area (Å²) in [6.07, 6.45) is 0.843. The summed E-state index contributed by atoms with van der Waals surface area (Å²) in [6.45, 7) is 3.19. The van der Waals surface area contributed by atoms with Crippen LogP contribution in [0.4, 0.5) is 0 Å². The fourth-order valence-corrected chi connectivity index (χ4v) is 3.01. The molecule has 3 N–H and O–H groups in total. The number of nitrogens with one attached hydrogen (secondary N) is 1. The second-order valence-corrected chi connectivity index (χ2v) is 6.51. The number of carbonyl (C=O) groups excluding carboxylic acids is 1. The van der Waals surface area contributed by atoms with Gasteiger partial charge in [0, 0.05) is 6.54 Å². The third kappa shape index (κ3) is 6.05. The number of amides is 1. The summed E-state index contributed by atoms with van der Waals surface area (Å²) >= 11 is 6.26. The molecule has 2 rings (SSSR count). The number of ether oxygens (including phenoxy) is 3. The van der Waals surface area contributed by atoms with Crippen molar-refractivity contribution in [3.63, 3.8) is 0 Å². The van der Waals surface area contributed by atoms with Gasteiger partial charge < -0.3 is 25.3 Å². The molecule has 6 nitrogen and oxygen atoms in total. The van der Waals surface area contributed by atoms with Crippen LogP contribution in [0.5, 0.6) is 17.2 Å². The average Bonchev–Trinajstić information content (AvgIpc) is 2.64. The zero-order chi connectivity index (χ0) is 19.8. The molecule has 0 heterocycles. The third-order valence-corrected chi connectivity index (χ3v) is 4.26. The lowest BCUT2D eigenvalue weighted by Gasteiger charge is -2.14. The van der Waals surface area contributed by atoms with Gasteiger partial charge in [-0.25, -0.2) is 0 Å². The Labute approximate surface area is 164 Å². The van der Waals surface area contributed by atoms with Crippen molar-refractivity contribution in [1.29, 1.82) is 0 Å². The number of nitrogens with two attached hydrogens (primary N) is 1. The van der Waals surface area contributed by atoms with Crippen LogP contribution >= 0.6 is 11.6 Å². The van der Waals surface area contributed by atoms with Crippen LogP contribution in [0.25, 0.3) is 0 Å². The monoisotopic (exact) mass is 392 g/mol. The van der Waals surface area contributed by atoms with E-state index in [2.05, 4.69) is 18.3 Å². The Balaban J connectivity index is 1.97. The molecule has 0 saturated carbocycles. The van der Waals surface area contributed by atoms with E-state index in [1.54, 1.807) is 13.2 Å². The maximum atomic E-state index is 10.9. The minimum absolute atomic E-state index is 0.258. The second kappa shape index (κ2) is 10.0. The van der Waals surface area contributed by atoms with Gasteiger partial charge in [-0.1, -0.05) is 29.3 Å². The highest BCUT2D eigenvalue weighted by Gasteiger charge is 2.13. The number of benzene rings is 2. The smallest absolute Gasteiger partial charge is 0.255 e. The molecule has 2 aromatic rings. The first-order chi connectivity index (χ1) is 12.9. The van der Waals surface area contributed by atoms with Gasteiger partial charge in [0.2, 0.25) is 0 Å². The Morgan fingerprint density at radius 2 is 1.89 bits per heavy atom. The number of halogens is 1. The minimum atomic E-state index is -0.578. The summed E-state index contributed by atoms with van der Waals surface area (Å²) in [6, 6.07) is 9.75. The SMILES string of the molecule is COc1ccc(C)cc1CCNCc1cc(Cl)c(OCC(N)=O)c(OC)c1. The van der Waals surface area contributed by atoms with Crippen molar-refractivity contribution in [2.75, 3.05) is 27.4 Å². The van der Waals surface area contributed by atoms with Gasteiger partial charge in [-0.2, -0.15) is 0 Å². The Bertz CT molecular complexity index is 796. The van der Waals surface area contributed by atoms with Gasteiger partial charge >= 0.3 is 0 Å². The highest BCUT2D eigenvalue weighted by Crippen LogP contribution is 2.36. The lowest BCUT2D eigenvalue weighted by molar-refractivity contribution is -0.119. The van der Waals surface area contributed by atoms with E-state index in [4.69, 9.17) is 31.5 Å². The standard InChI is InChI=1S/C20H25ClN2O4/c1-13-4-5-17(25-2)15(8-13)6-7-23-11-14-9-16(21)20(18(10-14)26-3)27-12-19(22)24/h4-5,8-10,23H,6-7,11-12H2,1-3H3,(H2,22,24). The molecule has 2 aromatic carbocycles. The van der Waals surface area contributed by atoms with Crippen LogP contribution in [0.3, 0.4) is 0 Å². The summed E-state index contributed by atoms with van der Waals surface area (Å²) in [5.74, 6) is 1.08. The highest BCUT2D eigenvalue weighted by atomic mass is 35.5. The van der Waals surface area contributed by atoms with Crippen LogP contribution < -0.4 is 25.3 Å². The highest BCUT2D eigenvalue weighted by molar-refractivity contribution is 6.32. The first kappa shape index (κ1) is 20.9. The summed E-state index contributed by atoms with van der Waals surface area (Å²) < 4.78 is 16.0. The van der Waals surface area contributed by atoms with Crippen LogP contribution in [-0.2, 0) is 17.8 Å². The Morgan fingerprint density at radius 1 is 1.15 bits per heavy atom. The maximum Gasteiger partial charge on any atom is 0.255 e. The van der Waals surface area contributed by atoms with Gasteiger partial charge in [0.1, 0.15) is 5.75 Å². The molecule has 0 aliphatic heterocycles. The van der Waals surface area contributed by atoms with E-state index in [1.807, 2.05) is 18.2 Å². The lowest BCUT2D eigenvalue weighted by Crippen LogP contribution is -2.20. The maximum absolute atomic E-state index is 10.9. The molecule has 1 amide bonds. The summed E-state index contributed by atoms with van der Waals surface area (Å²) in [5, 5.41) is 3.75. The van der Waals surface area contributed by atoms with Crippen molar-refractivity contribution < 1.29 is 19.0 Å². The Hall–Kier alpha value is -2.44. The molecule has 0 spiro atoms. The van der Waals surface area contributed by atoms with Crippen molar-refractivity contribution in [2.24, 2.45) is 5.73 Å². The summed E-state index contributed by atoms with van der Waals surface area (Å²) in [4.78, 5) is 10.9. The summed E-state index contributed by atoms with van der Waals surface area (Å²) in [7, 11) is 3.20. The number of hydrogen-bond acceptors (Lipinski definition) is 5. The van der Waals surface area contributed by atoms with Crippen molar-refractivity contribution in [3.8, 4) is 17.2 Å². The van der Waals surface area contributed by atoms with E-state index in [0.29, 0.717) is 23.1 Å². The molecule has 0 bridgehead atoms. The van der Waals surface area contributed by atoms with Crippen molar-refractivity contribution in [1.82, 2.24) is 5.32 Å². The number of primary amides is 1. The number of hydrogen-bond donors (Lipinski definition) is 2. The number of aryl methyl sites for hydroxylation is 1. The average molecular weight is 393 g/mol. The quantitative estimate of drug-likeness (QED) is 0.607. The van der Waals surface area contributed by atoms with Gasteiger partial charge in [-0.15, -0.1) is 0 Å². The largest absolute Gasteiger partial charge is 0.496 e. The molecule has 7 heteroatoms. The van der Waals surface area contributed by atoms with Crippen LogP contribution in [0.15, 0.2) is 30.3 Å². The second-order valence-electron chi connectivity index (χ2n) is 6.11. The van der Waals surface area contributed by atoms with E-state index >= 15 is 0 Å². The fourth-order valence-electron chi connectivity index (χ4n) is 2.72. The topological polar surface area (TPSA) is 82.8 Å². The fraction of sp³-hybridized carbons (Fsp3) is 0.350. The van der Waals surface area contributed by atoms with E-state index in [1.165, 1.54) is 12.7 Å². The first-order valence-electron chi connectivity index (χ1n) is 8.56. The predicted molar refractivity (Wildman–Crippen MR) is 106 cm³/mol. The molecule has 0 unspecified atom stereocenters. The third-order valence-electron chi connectivity index (χ3n) is 3.98. The number of rotatable bonds is 10. The molecule has 0 aliphatic rings. The Morgan fingerprint density at radius 3 is 2.56 bits per heavy atom. The van der Waals surface area contributed by atoms with Gasteiger partial charge in [0.15, 0.2) is 18.1 Å². The Kier molecular flexibility index (Phi) is 7.76. The first-order valence-corrected chi connectivity index (χ1v) is 8.94. The lowest BCUT2D eigenvalue weighted by atomic mass is 10.1. The van der Waals surface area contributed by atoms with E-state index in [0.717, 1.165) is 29.8 Å².